The van der Waals surface area contributed by atoms with Gasteiger partial charge in [-0.1, -0.05) is 67.1 Å². The van der Waals surface area contributed by atoms with E-state index in [4.69, 9.17) is 9.73 Å². The first kappa shape index (κ1) is 21.9. The molecule has 162 valence electrons. The maximum atomic E-state index is 13.3. The molecule has 0 spiro atoms. The van der Waals surface area contributed by atoms with Gasteiger partial charge in [0.15, 0.2) is 5.17 Å². The number of rotatable bonds is 7. The normalized spacial score (nSPS) is 16.2. The molecule has 3 aromatic rings. The van der Waals surface area contributed by atoms with Crippen LogP contribution >= 0.6 is 11.8 Å². The van der Waals surface area contributed by atoms with Gasteiger partial charge >= 0.3 is 0 Å². The van der Waals surface area contributed by atoms with Gasteiger partial charge in [-0.15, -0.1) is 0 Å². The van der Waals surface area contributed by atoms with Crippen molar-refractivity contribution in [1.29, 1.82) is 0 Å². The summed E-state index contributed by atoms with van der Waals surface area (Å²) >= 11 is 1.41. The topological polar surface area (TPSA) is 41.9 Å². The van der Waals surface area contributed by atoms with Gasteiger partial charge in [-0.3, -0.25) is 9.69 Å². The lowest BCUT2D eigenvalue weighted by molar-refractivity contribution is -0.122. The van der Waals surface area contributed by atoms with Crippen LogP contribution in [0.4, 0.5) is 5.69 Å². The molecule has 1 heterocycles. The first-order valence-corrected chi connectivity index (χ1v) is 11.6. The van der Waals surface area contributed by atoms with E-state index in [0.717, 1.165) is 29.0 Å². The second-order valence-electron chi connectivity index (χ2n) is 7.63. The Morgan fingerprint density at radius 1 is 0.969 bits per heavy atom. The molecule has 1 fully saturated rings. The lowest BCUT2D eigenvalue weighted by atomic mass is 10.2. The number of ether oxygens (including phenoxy) is 1. The van der Waals surface area contributed by atoms with Gasteiger partial charge in [-0.25, -0.2) is 4.99 Å². The van der Waals surface area contributed by atoms with Gasteiger partial charge in [-0.05, 0) is 66.6 Å². The van der Waals surface area contributed by atoms with Crippen molar-refractivity contribution in [3.05, 3.63) is 100 Å². The van der Waals surface area contributed by atoms with Crippen LogP contribution in [0.15, 0.2) is 88.8 Å². The molecular formula is C27H26N2O2S. The Morgan fingerprint density at radius 3 is 2.38 bits per heavy atom. The predicted molar refractivity (Wildman–Crippen MR) is 133 cm³/mol. The molecule has 5 heteroatoms. The van der Waals surface area contributed by atoms with Gasteiger partial charge in [-0.2, -0.15) is 0 Å². The van der Waals surface area contributed by atoms with Gasteiger partial charge < -0.3 is 4.74 Å². The number of carbonyl (C=O) groups excluding carboxylic acids is 1. The molecule has 1 amide bonds. The summed E-state index contributed by atoms with van der Waals surface area (Å²) in [6.45, 7) is 5.31. The Hall–Kier alpha value is -3.31. The van der Waals surface area contributed by atoms with Crippen molar-refractivity contribution in [3.8, 4) is 5.75 Å². The van der Waals surface area contributed by atoms with Crippen molar-refractivity contribution in [1.82, 2.24) is 4.90 Å². The second kappa shape index (κ2) is 10.3. The third-order valence-corrected chi connectivity index (χ3v) is 5.99. The molecule has 1 aliphatic heterocycles. The fourth-order valence-corrected chi connectivity index (χ4v) is 4.26. The average Bonchev–Trinajstić information content (AvgIpc) is 3.09. The van der Waals surface area contributed by atoms with Crippen LogP contribution in [0.1, 0.15) is 30.0 Å². The standard InChI is InChI=1S/C27H26N2O2S/c1-3-17-31-24-15-11-21(12-16-24)18-25-26(30)29(19-22-7-5-4-6-8-22)27(32-25)28-23-13-9-20(2)10-14-23/h4-16,18H,3,17,19H2,1-2H3/b25-18+,28-27?. The maximum Gasteiger partial charge on any atom is 0.267 e. The molecule has 3 aromatic carbocycles. The summed E-state index contributed by atoms with van der Waals surface area (Å²) in [6, 6.07) is 25.8. The molecular weight excluding hydrogens is 416 g/mol. The number of aryl methyl sites for hydroxylation is 1. The van der Waals surface area contributed by atoms with Crippen molar-refractivity contribution in [2.45, 2.75) is 26.8 Å². The van der Waals surface area contributed by atoms with Crippen molar-refractivity contribution in [2.75, 3.05) is 6.61 Å². The van der Waals surface area contributed by atoms with Gasteiger partial charge in [0.05, 0.1) is 23.7 Å². The van der Waals surface area contributed by atoms with E-state index in [9.17, 15) is 4.79 Å². The molecule has 0 bridgehead atoms. The maximum absolute atomic E-state index is 13.3. The molecule has 1 saturated heterocycles. The molecule has 0 N–H and O–H groups in total. The molecule has 0 radical (unpaired) electrons. The number of thioether (sulfide) groups is 1. The van der Waals surface area contributed by atoms with E-state index in [1.54, 1.807) is 4.90 Å². The largest absolute Gasteiger partial charge is 0.494 e. The van der Waals surface area contributed by atoms with Gasteiger partial charge in [0, 0.05) is 0 Å². The van der Waals surface area contributed by atoms with Crippen LogP contribution in [-0.2, 0) is 11.3 Å². The van der Waals surface area contributed by atoms with Crippen LogP contribution in [0, 0.1) is 6.92 Å². The summed E-state index contributed by atoms with van der Waals surface area (Å²) in [6.07, 6.45) is 2.89. The number of aliphatic imine (C=N–C) groups is 1. The Labute approximate surface area is 193 Å². The van der Waals surface area contributed by atoms with Crippen LogP contribution in [-0.4, -0.2) is 22.6 Å². The second-order valence-corrected chi connectivity index (χ2v) is 8.64. The zero-order valence-corrected chi connectivity index (χ0v) is 19.1. The molecule has 4 nitrogen and oxygen atoms in total. The summed E-state index contributed by atoms with van der Waals surface area (Å²) in [4.78, 5) is 20.5. The van der Waals surface area contributed by atoms with Crippen molar-refractivity contribution >= 4 is 34.6 Å². The predicted octanol–water partition coefficient (Wildman–Crippen LogP) is 6.59. The lowest BCUT2D eigenvalue weighted by Gasteiger charge is -2.15. The van der Waals surface area contributed by atoms with Crippen LogP contribution < -0.4 is 4.74 Å². The SMILES string of the molecule is CCCOc1ccc(/C=C2/SC(=Nc3ccc(C)cc3)N(Cc3ccccc3)C2=O)cc1. The van der Waals surface area contributed by atoms with Crippen molar-refractivity contribution in [2.24, 2.45) is 4.99 Å². The Kier molecular flexibility index (Phi) is 7.07. The van der Waals surface area contributed by atoms with Gasteiger partial charge in [0.1, 0.15) is 5.75 Å². The lowest BCUT2D eigenvalue weighted by Crippen LogP contribution is -2.28. The molecule has 0 unspecified atom stereocenters. The summed E-state index contributed by atoms with van der Waals surface area (Å²) in [5.74, 6) is 0.808. The molecule has 1 aliphatic rings. The smallest absolute Gasteiger partial charge is 0.267 e. The molecule has 0 atom stereocenters. The minimum atomic E-state index is -0.0315. The highest BCUT2D eigenvalue weighted by atomic mass is 32.2. The quantitative estimate of drug-likeness (QED) is 0.388. The van der Waals surface area contributed by atoms with E-state index in [1.807, 2.05) is 91.9 Å². The van der Waals surface area contributed by atoms with Crippen LogP contribution in [0.2, 0.25) is 0 Å². The number of hydrogen-bond acceptors (Lipinski definition) is 4. The highest BCUT2D eigenvalue weighted by Gasteiger charge is 2.33. The van der Waals surface area contributed by atoms with E-state index in [-0.39, 0.29) is 5.91 Å². The highest BCUT2D eigenvalue weighted by Crippen LogP contribution is 2.35. The zero-order valence-electron chi connectivity index (χ0n) is 18.3. The minimum Gasteiger partial charge on any atom is -0.494 e. The van der Waals surface area contributed by atoms with E-state index < -0.39 is 0 Å². The van der Waals surface area contributed by atoms with Crippen LogP contribution in [0.3, 0.4) is 0 Å². The molecule has 0 aromatic heterocycles. The Balaban J connectivity index is 1.62. The Bertz CT molecular complexity index is 1120. The molecule has 0 saturated carbocycles. The monoisotopic (exact) mass is 442 g/mol. The zero-order chi connectivity index (χ0) is 22.3. The van der Waals surface area contributed by atoms with Crippen molar-refractivity contribution < 1.29 is 9.53 Å². The van der Waals surface area contributed by atoms with Crippen LogP contribution in [0.25, 0.3) is 6.08 Å². The number of amidine groups is 1. The van der Waals surface area contributed by atoms with Crippen LogP contribution in [0.5, 0.6) is 5.75 Å². The summed E-state index contributed by atoms with van der Waals surface area (Å²) < 4.78 is 5.66. The summed E-state index contributed by atoms with van der Waals surface area (Å²) in [5.41, 5.74) is 4.04. The third kappa shape index (κ3) is 5.48. The number of benzene rings is 3. The number of carbonyl (C=O) groups is 1. The Morgan fingerprint density at radius 2 is 1.69 bits per heavy atom. The van der Waals surface area contributed by atoms with E-state index in [0.29, 0.717) is 23.2 Å². The molecule has 4 rings (SSSR count). The highest BCUT2D eigenvalue weighted by molar-refractivity contribution is 8.18. The fourth-order valence-electron chi connectivity index (χ4n) is 3.26. The number of nitrogens with zero attached hydrogens (tertiary/aromatic N) is 2. The summed E-state index contributed by atoms with van der Waals surface area (Å²) in [7, 11) is 0. The first-order valence-electron chi connectivity index (χ1n) is 10.8. The average molecular weight is 443 g/mol. The number of amides is 1. The van der Waals surface area contributed by atoms with Crippen molar-refractivity contribution in [3.63, 3.8) is 0 Å². The summed E-state index contributed by atoms with van der Waals surface area (Å²) in [5, 5.41) is 0.692. The third-order valence-electron chi connectivity index (χ3n) is 4.98. The van der Waals surface area contributed by atoms with Gasteiger partial charge in [0.25, 0.3) is 5.91 Å². The van der Waals surface area contributed by atoms with E-state index in [1.165, 1.54) is 17.3 Å². The van der Waals surface area contributed by atoms with E-state index in [2.05, 4.69) is 6.92 Å². The fraction of sp³-hybridized carbons (Fsp3) is 0.185. The van der Waals surface area contributed by atoms with E-state index >= 15 is 0 Å². The molecule has 0 aliphatic carbocycles. The minimum absolute atomic E-state index is 0.0315. The molecule has 32 heavy (non-hydrogen) atoms. The van der Waals surface area contributed by atoms with Gasteiger partial charge in [0.2, 0.25) is 0 Å². The first-order chi connectivity index (χ1) is 15.6. The number of hydrogen-bond donors (Lipinski definition) is 0.